The van der Waals surface area contributed by atoms with Crippen LogP contribution in [-0.2, 0) is 14.8 Å². The lowest BCUT2D eigenvalue weighted by Gasteiger charge is -2.38. The monoisotopic (exact) mass is 470 g/mol. The first-order valence-corrected chi connectivity index (χ1v) is 12.2. The molecule has 2 saturated heterocycles. The SMILES string of the molecule is O=C(C=Cc1ccc(F)c(F)c1F)N1CCC2(CCN(S(=O)(=O)c3cccs3)CC2)C1. The molecule has 166 valence electrons. The van der Waals surface area contributed by atoms with Gasteiger partial charge in [0.25, 0.3) is 10.0 Å². The van der Waals surface area contributed by atoms with Gasteiger partial charge >= 0.3 is 0 Å². The first kappa shape index (κ1) is 22.0. The van der Waals surface area contributed by atoms with Crippen molar-refractivity contribution in [3.8, 4) is 0 Å². The molecule has 0 N–H and O–H groups in total. The van der Waals surface area contributed by atoms with Gasteiger partial charge in [0.15, 0.2) is 17.5 Å². The summed E-state index contributed by atoms with van der Waals surface area (Å²) in [4.78, 5) is 14.2. The molecule has 2 aliphatic heterocycles. The lowest BCUT2D eigenvalue weighted by Crippen LogP contribution is -2.44. The second kappa shape index (κ2) is 8.40. The molecule has 1 spiro atoms. The minimum Gasteiger partial charge on any atom is -0.339 e. The van der Waals surface area contributed by atoms with Crippen LogP contribution in [0.3, 0.4) is 0 Å². The number of piperidine rings is 1. The molecular weight excluding hydrogens is 449 g/mol. The summed E-state index contributed by atoms with van der Waals surface area (Å²) in [6.45, 7) is 1.81. The van der Waals surface area contributed by atoms with Gasteiger partial charge in [-0.25, -0.2) is 21.6 Å². The summed E-state index contributed by atoms with van der Waals surface area (Å²) in [5.74, 6) is -4.52. The highest BCUT2D eigenvalue weighted by Gasteiger charge is 2.43. The predicted octanol–water partition coefficient (Wildman–Crippen LogP) is 3.88. The van der Waals surface area contributed by atoms with E-state index in [1.54, 1.807) is 22.4 Å². The average Bonchev–Trinajstić information content (AvgIpc) is 3.43. The fourth-order valence-electron chi connectivity index (χ4n) is 4.21. The van der Waals surface area contributed by atoms with Crippen molar-refractivity contribution in [3.05, 3.63) is 58.7 Å². The summed E-state index contributed by atoms with van der Waals surface area (Å²) < 4.78 is 67.4. The van der Waals surface area contributed by atoms with Gasteiger partial charge in [-0.3, -0.25) is 4.79 Å². The van der Waals surface area contributed by atoms with Crippen LogP contribution in [0.15, 0.2) is 39.9 Å². The van der Waals surface area contributed by atoms with Crippen molar-refractivity contribution in [3.63, 3.8) is 0 Å². The molecule has 1 aromatic heterocycles. The Kier molecular flexibility index (Phi) is 5.97. The van der Waals surface area contributed by atoms with Gasteiger partial charge in [0.2, 0.25) is 5.91 Å². The standard InChI is InChI=1S/C21H21F3N2O3S2/c22-16-5-3-15(19(23)20(16)24)4-6-17(27)25-10-7-21(14-25)8-11-26(12-9-21)31(28,29)18-2-1-13-30-18/h1-6,13H,7-12,14H2. The molecule has 0 unspecified atom stereocenters. The maximum Gasteiger partial charge on any atom is 0.252 e. The molecular formula is C21H21F3N2O3S2. The maximum atomic E-state index is 13.8. The van der Waals surface area contributed by atoms with Crippen LogP contribution in [0.4, 0.5) is 13.2 Å². The molecule has 2 aromatic rings. The molecule has 31 heavy (non-hydrogen) atoms. The molecule has 1 aromatic carbocycles. The third-order valence-corrected chi connectivity index (χ3v) is 9.36. The number of carbonyl (C=O) groups excluding carboxylic acids is 1. The molecule has 3 heterocycles. The zero-order chi connectivity index (χ0) is 22.2. The van der Waals surface area contributed by atoms with E-state index < -0.39 is 27.5 Å². The van der Waals surface area contributed by atoms with Crippen molar-refractivity contribution in [2.24, 2.45) is 5.41 Å². The molecule has 4 rings (SSSR count). The van der Waals surface area contributed by atoms with Gasteiger partial charge in [0.1, 0.15) is 4.21 Å². The summed E-state index contributed by atoms with van der Waals surface area (Å²) in [7, 11) is -3.48. The van der Waals surface area contributed by atoms with Crippen LogP contribution in [0, 0.1) is 22.9 Å². The number of thiophene rings is 1. The van der Waals surface area contributed by atoms with Crippen LogP contribution in [0.1, 0.15) is 24.8 Å². The maximum absolute atomic E-state index is 13.8. The van der Waals surface area contributed by atoms with E-state index in [0.29, 0.717) is 43.2 Å². The summed E-state index contributed by atoms with van der Waals surface area (Å²) in [6, 6.07) is 5.20. The minimum absolute atomic E-state index is 0.141. The van der Waals surface area contributed by atoms with Crippen LogP contribution in [-0.4, -0.2) is 49.7 Å². The van der Waals surface area contributed by atoms with Crippen molar-refractivity contribution in [1.82, 2.24) is 9.21 Å². The molecule has 0 radical (unpaired) electrons. The molecule has 10 heteroatoms. The Labute approximate surface area is 182 Å². The highest BCUT2D eigenvalue weighted by atomic mass is 32.2. The fourth-order valence-corrected chi connectivity index (χ4v) is 6.79. The summed E-state index contributed by atoms with van der Waals surface area (Å²) in [6.07, 6.45) is 4.37. The Balaban J connectivity index is 1.37. The molecule has 2 aliphatic rings. The van der Waals surface area contributed by atoms with Crippen molar-refractivity contribution < 1.29 is 26.4 Å². The van der Waals surface area contributed by atoms with E-state index in [-0.39, 0.29) is 16.9 Å². The Morgan fingerprint density at radius 2 is 1.74 bits per heavy atom. The van der Waals surface area contributed by atoms with E-state index in [2.05, 4.69) is 0 Å². The second-order valence-electron chi connectivity index (χ2n) is 7.94. The number of hydrogen-bond donors (Lipinski definition) is 0. The smallest absolute Gasteiger partial charge is 0.252 e. The number of benzene rings is 1. The van der Waals surface area contributed by atoms with Crippen LogP contribution < -0.4 is 0 Å². The fraction of sp³-hybridized carbons (Fsp3) is 0.381. The van der Waals surface area contributed by atoms with E-state index in [4.69, 9.17) is 0 Å². The number of hydrogen-bond acceptors (Lipinski definition) is 4. The van der Waals surface area contributed by atoms with E-state index in [9.17, 15) is 26.4 Å². The van der Waals surface area contributed by atoms with Gasteiger partial charge < -0.3 is 4.90 Å². The molecule has 2 fully saturated rings. The number of halogens is 3. The predicted molar refractivity (Wildman–Crippen MR) is 111 cm³/mol. The molecule has 0 bridgehead atoms. The van der Waals surface area contributed by atoms with Gasteiger partial charge in [0.05, 0.1) is 0 Å². The number of amides is 1. The van der Waals surface area contributed by atoms with Crippen LogP contribution in [0.5, 0.6) is 0 Å². The summed E-state index contributed by atoms with van der Waals surface area (Å²) in [5, 5.41) is 1.73. The van der Waals surface area contributed by atoms with Crippen LogP contribution in [0.25, 0.3) is 6.08 Å². The van der Waals surface area contributed by atoms with Gasteiger partial charge in [-0.15, -0.1) is 11.3 Å². The van der Waals surface area contributed by atoms with E-state index in [1.165, 1.54) is 15.6 Å². The molecule has 1 amide bonds. The van der Waals surface area contributed by atoms with Crippen LogP contribution >= 0.6 is 11.3 Å². The normalized spacial score (nSPS) is 19.5. The van der Waals surface area contributed by atoms with Gasteiger partial charge in [0, 0.05) is 37.8 Å². The first-order valence-electron chi connectivity index (χ1n) is 9.86. The number of rotatable bonds is 4. The minimum atomic E-state index is -3.48. The number of sulfonamides is 1. The highest BCUT2D eigenvalue weighted by Crippen LogP contribution is 2.41. The summed E-state index contributed by atoms with van der Waals surface area (Å²) in [5.41, 5.74) is -0.341. The van der Waals surface area contributed by atoms with E-state index in [0.717, 1.165) is 30.7 Å². The molecule has 0 aliphatic carbocycles. The van der Waals surface area contributed by atoms with Gasteiger partial charge in [-0.2, -0.15) is 4.31 Å². The average molecular weight is 471 g/mol. The lowest BCUT2D eigenvalue weighted by molar-refractivity contribution is -0.125. The van der Waals surface area contributed by atoms with Crippen molar-refractivity contribution in [2.45, 2.75) is 23.5 Å². The number of likely N-dealkylation sites (tertiary alicyclic amines) is 1. The molecule has 0 atom stereocenters. The number of nitrogens with zero attached hydrogens (tertiary/aromatic N) is 2. The lowest BCUT2D eigenvalue weighted by atomic mass is 9.78. The third-order valence-electron chi connectivity index (χ3n) is 6.09. The Morgan fingerprint density at radius 3 is 2.42 bits per heavy atom. The van der Waals surface area contributed by atoms with E-state index >= 15 is 0 Å². The number of carbonyl (C=O) groups is 1. The highest BCUT2D eigenvalue weighted by molar-refractivity contribution is 7.91. The van der Waals surface area contributed by atoms with Gasteiger partial charge in [-0.05, 0) is 54.3 Å². The van der Waals surface area contributed by atoms with Crippen molar-refractivity contribution >= 4 is 33.3 Å². The Bertz CT molecular complexity index is 1110. The van der Waals surface area contributed by atoms with Crippen LogP contribution in [0.2, 0.25) is 0 Å². The zero-order valence-corrected chi connectivity index (χ0v) is 18.2. The summed E-state index contributed by atoms with van der Waals surface area (Å²) >= 11 is 1.20. The van der Waals surface area contributed by atoms with E-state index in [1.807, 2.05) is 0 Å². The second-order valence-corrected chi connectivity index (χ2v) is 11.1. The zero-order valence-electron chi connectivity index (χ0n) is 16.6. The van der Waals surface area contributed by atoms with Crippen molar-refractivity contribution in [1.29, 1.82) is 0 Å². The van der Waals surface area contributed by atoms with Crippen molar-refractivity contribution in [2.75, 3.05) is 26.2 Å². The third kappa shape index (κ3) is 4.28. The Morgan fingerprint density at radius 1 is 1.03 bits per heavy atom. The molecule has 0 saturated carbocycles. The molecule has 5 nitrogen and oxygen atoms in total. The topological polar surface area (TPSA) is 57.7 Å². The largest absolute Gasteiger partial charge is 0.339 e. The van der Waals surface area contributed by atoms with Gasteiger partial charge in [-0.1, -0.05) is 6.07 Å². The first-order chi connectivity index (χ1) is 14.7. The quantitative estimate of drug-likeness (QED) is 0.503. The Hall–Kier alpha value is -2.17.